The molecule has 0 saturated heterocycles. The molecule has 0 radical (unpaired) electrons. The molecule has 2 heterocycles. The molecule has 0 aliphatic rings. The summed E-state index contributed by atoms with van der Waals surface area (Å²) in [5, 5.41) is 10.4. The standard InChI is InChI=1S/C7H6ClN3S/c1-11-4-9-10-7(11)6-5(8)2-3-12-6/h2-4H,1H3. The number of nitrogens with zero attached hydrogens (tertiary/aromatic N) is 3. The van der Waals surface area contributed by atoms with Crippen LogP contribution in [0.15, 0.2) is 17.8 Å². The van der Waals surface area contributed by atoms with Crippen LogP contribution in [0.5, 0.6) is 0 Å². The van der Waals surface area contributed by atoms with Crippen molar-refractivity contribution in [3.8, 4) is 10.7 Å². The monoisotopic (exact) mass is 199 g/mol. The van der Waals surface area contributed by atoms with E-state index in [1.54, 1.807) is 17.7 Å². The van der Waals surface area contributed by atoms with Gasteiger partial charge in [0.15, 0.2) is 5.82 Å². The van der Waals surface area contributed by atoms with E-state index in [2.05, 4.69) is 10.2 Å². The Morgan fingerprint density at radius 1 is 1.58 bits per heavy atom. The molecule has 0 aliphatic carbocycles. The van der Waals surface area contributed by atoms with Crippen LogP contribution in [-0.4, -0.2) is 14.8 Å². The molecule has 2 rings (SSSR count). The number of aromatic nitrogens is 3. The molecule has 0 fully saturated rings. The van der Waals surface area contributed by atoms with E-state index in [1.807, 2.05) is 23.1 Å². The highest BCUT2D eigenvalue weighted by Crippen LogP contribution is 2.30. The van der Waals surface area contributed by atoms with E-state index in [4.69, 9.17) is 11.6 Å². The highest BCUT2D eigenvalue weighted by Gasteiger charge is 2.09. The zero-order chi connectivity index (χ0) is 8.55. The fourth-order valence-electron chi connectivity index (χ4n) is 0.942. The van der Waals surface area contributed by atoms with E-state index < -0.39 is 0 Å². The van der Waals surface area contributed by atoms with Gasteiger partial charge in [0.25, 0.3) is 0 Å². The van der Waals surface area contributed by atoms with E-state index in [1.165, 1.54) is 0 Å². The third-order valence-corrected chi connectivity index (χ3v) is 2.87. The van der Waals surface area contributed by atoms with Gasteiger partial charge in [0, 0.05) is 7.05 Å². The molecular formula is C7H6ClN3S. The van der Waals surface area contributed by atoms with Gasteiger partial charge in [0.05, 0.1) is 9.90 Å². The SMILES string of the molecule is Cn1cnnc1-c1sccc1Cl. The first-order valence-corrected chi connectivity index (χ1v) is 4.62. The summed E-state index contributed by atoms with van der Waals surface area (Å²) in [6.07, 6.45) is 1.66. The minimum atomic E-state index is 0.733. The molecule has 0 aromatic carbocycles. The first kappa shape index (κ1) is 7.76. The molecule has 5 heteroatoms. The van der Waals surface area contributed by atoms with Crippen molar-refractivity contribution < 1.29 is 0 Å². The quantitative estimate of drug-likeness (QED) is 0.705. The lowest BCUT2D eigenvalue weighted by molar-refractivity contribution is 0.922. The fraction of sp³-hybridized carbons (Fsp3) is 0.143. The van der Waals surface area contributed by atoms with Crippen LogP contribution in [-0.2, 0) is 7.05 Å². The van der Waals surface area contributed by atoms with Gasteiger partial charge in [0.2, 0.25) is 0 Å². The highest BCUT2D eigenvalue weighted by molar-refractivity contribution is 7.14. The van der Waals surface area contributed by atoms with Crippen molar-refractivity contribution in [2.24, 2.45) is 7.05 Å². The first-order chi connectivity index (χ1) is 5.79. The minimum Gasteiger partial charge on any atom is -0.316 e. The predicted molar refractivity (Wildman–Crippen MR) is 49.3 cm³/mol. The van der Waals surface area contributed by atoms with Gasteiger partial charge in [-0.1, -0.05) is 11.6 Å². The number of aryl methyl sites for hydroxylation is 1. The van der Waals surface area contributed by atoms with Crippen molar-refractivity contribution in [2.45, 2.75) is 0 Å². The maximum Gasteiger partial charge on any atom is 0.175 e. The average molecular weight is 200 g/mol. The largest absolute Gasteiger partial charge is 0.316 e. The molecule has 0 N–H and O–H groups in total. The molecule has 2 aromatic rings. The third kappa shape index (κ3) is 1.13. The maximum atomic E-state index is 5.93. The van der Waals surface area contributed by atoms with E-state index >= 15 is 0 Å². The molecule has 12 heavy (non-hydrogen) atoms. The van der Waals surface area contributed by atoms with Gasteiger partial charge < -0.3 is 4.57 Å². The molecule has 0 bridgehead atoms. The Labute approximate surface area is 78.6 Å². The molecule has 0 atom stereocenters. The lowest BCUT2D eigenvalue weighted by atomic mass is 10.4. The van der Waals surface area contributed by atoms with Gasteiger partial charge in [-0.15, -0.1) is 21.5 Å². The Bertz CT molecular complexity index is 355. The second kappa shape index (κ2) is 2.88. The van der Waals surface area contributed by atoms with Gasteiger partial charge in [-0.05, 0) is 11.4 Å². The van der Waals surface area contributed by atoms with E-state index in [-0.39, 0.29) is 0 Å². The normalized spacial score (nSPS) is 10.5. The van der Waals surface area contributed by atoms with Crippen molar-refractivity contribution in [2.75, 3.05) is 0 Å². The predicted octanol–water partition coefficient (Wildman–Crippen LogP) is 2.20. The molecule has 0 unspecified atom stereocenters. The summed E-state index contributed by atoms with van der Waals surface area (Å²) in [6.45, 7) is 0. The molecule has 0 amide bonds. The van der Waals surface area contributed by atoms with Gasteiger partial charge in [-0.25, -0.2) is 0 Å². The lowest BCUT2D eigenvalue weighted by Gasteiger charge is -1.95. The van der Waals surface area contributed by atoms with Crippen molar-refractivity contribution in [1.29, 1.82) is 0 Å². The average Bonchev–Trinajstić information content (AvgIpc) is 2.59. The summed E-state index contributed by atoms with van der Waals surface area (Å²) < 4.78 is 1.84. The summed E-state index contributed by atoms with van der Waals surface area (Å²) in [4.78, 5) is 0.969. The van der Waals surface area contributed by atoms with Crippen molar-refractivity contribution in [3.63, 3.8) is 0 Å². The van der Waals surface area contributed by atoms with Crippen LogP contribution < -0.4 is 0 Å². The number of hydrogen-bond acceptors (Lipinski definition) is 3. The zero-order valence-electron chi connectivity index (χ0n) is 6.36. The van der Waals surface area contributed by atoms with Gasteiger partial charge >= 0.3 is 0 Å². The Morgan fingerprint density at radius 2 is 2.42 bits per heavy atom. The molecule has 2 aromatic heterocycles. The van der Waals surface area contributed by atoms with Gasteiger partial charge in [-0.3, -0.25) is 0 Å². The van der Waals surface area contributed by atoms with E-state index in [0.29, 0.717) is 0 Å². The number of thiophene rings is 1. The first-order valence-electron chi connectivity index (χ1n) is 3.36. The summed E-state index contributed by atoms with van der Waals surface area (Å²) in [5.74, 6) is 0.815. The van der Waals surface area contributed by atoms with Crippen molar-refractivity contribution in [3.05, 3.63) is 22.8 Å². The number of rotatable bonds is 1. The van der Waals surface area contributed by atoms with Crippen molar-refractivity contribution >= 4 is 22.9 Å². The van der Waals surface area contributed by atoms with Crippen LogP contribution in [0, 0.1) is 0 Å². The summed E-state index contributed by atoms with van der Waals surface area (Å²) in [5.41, 5.74) is 0. The molecule has 3 nitrogen and oxygen atoms in total. The summed E-state index contributed by atoms with van der Waals surface area (Å²) in [6, 6.07) is 1.86. The molecule has 0 saturated carbocycles. The van der Waals surface area contributed by atoms with Gasteiger partial charge in [0.1, 0.15) is 6.33 Å². The summed E-state index contributed by atoms with van der Waals surface area (Å²) in [7, 11) is 1.89. The molecule has 0 spiro atoms. The smallest absolute Gasteiger partial charge is 0.175 e. The van der Waals surface area contributed by atoms with Crippen LogP contribution in [0.3, 0.4) is 0 Å². The van der Waals surface area contributed by atoms with E-state index in [9.17, 15) is 0 Å². The zero-order valence-corrected chi connectivity index (χ0v) is 7.93. The molecular weight excluding hydrogens is 194 g/mol. The van der Waals surface area contributed by atoms with Crippen molar-refractivity contribution in [1.82, 2.24) is 14.8 Å². The second-order valence-corrected chi connectivity index (χ2v) is 3.69. The van der Waals surface area contributed by atoms with E-state index in [0.717, 1.165) is 15.7 Å². The van der Waals surface area contributed by atoms with Crippen LogP contribution in [0.4, 0.5) is 0 Å². The fourth-order valence-corrected chi connectivity index (χ4v) is 2.11. The second-order valence-electron chi connectivity index (χ2n) is 2.36. The van der Waals surface area contributed by atoms with Crippen LogP contribution in [0.25, 0.3) is 10.7 Å². The highest BCUT2D eigenvalue weighted by atomic mass is 35.5. The number of hydrogen-bond donors (Lipinski definition) is 0. The summed E-state index contributed by atoms with van der Waals surface area (Å²) >= 11 is 7.50. The van der Waals surface area contributed by atoms with Gasteiger partial charge in [-0.2, -0.15) is 0 Å². The molecule has 62 valence electrons. The topological polar surface area (TPSA) is 30.7 Å². The third-order valence-electron chi connectivity index (χ3n) is 1.53. The Morgan fingerprint density at radius 3 is 2.92 bits per heavy atom. The van der Waals surface area contributed by atoms with Crippen LogP contribution >= 0.6 is 22.9 Å². The molecule has 0 aliphatic heterocycles. The number of halogens is 1. The minimum absolute atomic E-state index is 0.733. The Balaban J connectivity index is 2.57. The van der Waals surface area contributed by atoms with Crippen LogP contribution in [0.2, 0.25) is 5.02 Å². The van der Waals surface area contributed by atoms with Crippen LogP contribution in [0.1, 0.15) is 0 Å². The Hall–Kier alpha value is -0.870. The lowest BCUT2D eigenvalue weighted by Crippen LogP contribution is -1.88. The Kier molecular flexibility index (Phi) is 1.86. The maximum absolute atomic E-state index is 5.93.